The highest BCUT2D eigenvalue weighted by molar-refractivity contribution is 7.92. The van der Waals surface area contributed by atoms with E-state index in [0.717, 1.165) is 25.4 Å². The van der Waals surface area contributed by atoms with Crippen LogP contribution in [-0.2, 0) is 24.8 Å². The summed E-state index contributed by atoms with van der Waals surface area (Å²) in [6.07, 6.45) is 4.10. The molecule has 1 fully saturated rings. The number of piperidine rings is 1. The van der Waals surface area contributed by atoms with Crippen molar-refractivity contribution >= 4 is 37.3 Å². The number of aryl methyl sites for hydroxylation is 1. The second-order valence-electron chi connectivity index (χ2n) is 6.28. The Morgan fingerprint density at radius 1 is 1.16 bits per heavy atom. The maximum Gasteiger partial charge on any atom is 0.242 e. The van der Waals surface area contributed by atoms with Crippen LogP contribution in [-0.4, -0.2) is 52.1 Å². The number of rotatable bonds is 5. The summed E-state index contributed by atoms with van der Waals surface area (Å²) in [5.41, 5.74) is 1.48. The zero-order valence-corrected chi connectivity index (χ0v) is 16.1. The smallest absolute Gasteiger partial charge is 0.242 e. The Labute approximate surface area is 148 Å². The summed E-state index contributed by atoms with van der Waals surface area (Å²) in [7, 11) is -6.91. The molecular weight excluding hydrogens is 366 g/mol. The number of benzene rings is 1. The van der Waals surface area contributed by atoms with E-state index in [1.807, 2.05) is 0 Å². The van der Waals surface area contributed by atoms with Crippen molar-refractivity contribution in [1.82, 2.24) is 4.31 Å². The zero-order chi connectivity index (χ0) is 18.8. The number of nitrogens with one attached hydrogen (secondary N) is 2. The van der Waals surface area contributed by atoms with E-state index in [-0.39, 0.29) is 0 Å². The van der Waals surface area contributed by atoms with Gasteiger partial charge in [-0.15, -0.1) is 0 Å². The maximum atomic E-state index is 12.6. The number of carbonyl (C=O) groups is 1. The van der Waals surface area contributed by atoms with Gasteiger partial charge >= 0.3 is 0 Å². The Morgan fingerprint density at radius 2 is 1.84 bits per heavy atom. The molecule has 140 valence electrons. The lowest BCUT2D eigenvalue weighted by Gasteiger charge is -2.32. The number of hydrogen-bond donors (Lipinski definition) is 2. The first kappa shape index (κ1) is 19.7. The molecule has 0 aliphatic carbocycles. The van der Waals surface area contributed by atoms with Gasteiger partial charge in [-0.2, -0.15) is 4.31 Å². The van der Waals surface area contributed by atoms with Crippen LogP contribution in [0.1, 0.15) is 24.8 Å². The van der Waals surface area contributed by atoms with Gasteiger partial charge in [0, 0.05) is 12.2 Å². The highest BCUT2D eigenvalue weighted by Gasteiger charge is 2.34. The van der Waals surface area contributed by atoms with Crippen LogP contribution in [0.5, 0.6) is 0 Å². The monoisotopic (exact) mass is 389 g/mol. The number of nitrogens with zero attached hydrogens (tertiary/aromatic N) is 1. The summed E-state index contributed by atoms with van der Waals surface area (Å²) in [6.45, 7) is 2.07. The van der Waals surface area contributed by atoms with Crippen molar-refractivity contribution in [3.63, 3.8) is 0 Å². The molecule has 1 amide bonds. The molecule has 1 aromatic carbocycles. The quantitative estimate of drug-likeness (QED) is 0.783. The lowest BCUT2D eigenvalue weighted by molar-refractivity contribution is -0.120. The predicted molar refractivity (Wildman–Crippen MR) is 97.5 cm³/mol. The molecule has 0 radical (unpaired) electrons. The Hall–Kier alpha value is -1.65. The third-order valence-electron chi connectivity index (χ3n) is 3.98. The first-order valence-electron chi connectivity index (χ1n) is 7.83. The average molecular weight is 389 g/mol. The fourth-order valence-corrected chi connectivity index (χ4v) is 4.54. The lowest BCUT2D eigenvalue weighted by atomic mass is 10.0. The maximum absolute atomic E-state index is 12.6. The minimum absolute atomic E-state index is 0.325. The van der Waals surface area contributed by atoms with Gasteiger partial charge in [-0.3, -0.25) is 9.52 Å². The van der Waals surface area contributed by atoms with E-state index in [1.54, 1.807) is 19.1 Å². The molecule has 1 unspecified atom stereocenters. The van der Waals surface area contributed by atoms with Gasteiger partial charge in [-0.25, -0.2) is 16.8 Å². The summed E-state index contributed by atoms with van der Waals surface area (Å²) >= 11 is 0. The van der Waals surface area contributed by atoms with Crippen LogP contribution in [0.3, 0.4) is 0 Å². The van der Waals surface area contributed by atoms with Gasteiger partial charge in [0.05, 0.1) is 18.2 Å². The fraction of sp³-hybridized carbons (Fsp3) is 0.533. The molecule has 0 saturated carbocycles. The molecule has 10 heteroatoms. The minimum atomic E-state index is -3.47. The van der Waals surface area contributed by atoms with Gasteiger partial charge in [0.15, 0.2) is 0 Å². The van der Waals surface area contributed by atoms with Crippen molar-refractivity contribution in [2.45, 2.75) is 32.2 Å². The molecule has 1 aliphatic heterocycles. The summed E-state index contributed by atoms with van der Waals surface area (Å²) in [6, 6.07) is 4.09. The largest absolute Gasteiger partial charge is 0.325 e. The molecule has 1 aliphatic rings. The van der Waals surface area contributed by atoms with Crippen LogP contribution in [0.15, 0.2) is 18.2 Å². The van der Waals surface area contributed by atoms with Gasteiger partial charge in [-0.05, 0) is 37.5 Å². The van der Waals surface area contributed by atoms with Gasteiger partial charge in [-0.1, -0.05) is 12.5 Å². The standard InChI is InChI=1S/C15H23N3O5S2/c1-11-7-8-12(10-13(11)17-24(2,20)21)16-15(19)14-6-4-5-9-18(14)25(3,22)23/h7-8,10,14,17H,4-6,9H2,1-3H3,(H,16,19). The number of anilines is 2. The lowest BCUT2D eigenvalue weighted by Crippen LogP contribution is -2.49. The van der Waals surface area contributed by atoms with E-state index in [9.17, 15) is 21.6 Å². The zero-order valence-electron chi connectivity index (χ0n) is 14.4. The van der Waals surface area contributed by atoms with Crippen LogP contribution in [0.2, 0.25) is 0 Å². The molecule has 1 atom stereocenters. The van der Waals surface area contributed by atoms with E-state index in [2.05, 4.69) is 10.0 Å². The SMILES string of the molecule is Cc1ccc(NC(=O)C2CCCCN2S(C)(=O)=O)cc1NS(C)(=O)=O. The van der Waals surface area contributed by atoms with E-state index < -0.39 is 32.0 Å². The molecule has 0 bridgehead atoms. The van der Waals surface area contributed by atoms with E-state index in [0.29, 0.717) is 29.9 Å². The summed E-state index contributed by atoms with van der Waals surface area (Å²) < 4.78 is 50.2. The molecule has 0 spiro atoms. The van der Waals surface area contributed by atoms with Crippen LogP contribution in [0.4, 0.5) is 11.4 Å². The Balaban J connectivity index is 2.21. The van der Waals surface area contributed by atoms with Crippen molar-refractivity contribution in [1.29, 1.82) is 0 Å². The van der Waals surface area contributed by atoms with Gasteiger partial charge in [0.2, 0.25) is 26.0 Å². The van der Waals surface area contributed by atoms with E-state index in [4.69, 9.17) is 0 Å². The molecule has 1 saturated heterocycles. The number of sulfonamides is 2. The van der Waals surface area contributed by atoms with Crippen LogP contribution >= 0.6 is 0 Å². The van der Waals surface area contributed by atoms with Gasteiger partial charge in [0.1, 0.15) is 6.04 Å². The van der Waals surface area contributed by atoms with Crippen LogP contribution in [0.25, 0.3) is 0 Å². The van der Waals surface area contributed by atoms with E-state index in [1.165, 1.54) is 10.4 Å². The third-order valence-corrected chi connectivity index (χ3v) is 5.86. The molecule has 0 aromatic heterocycles. The van der Waals surface area contributed by atoms with Crippen molar-refractivity contribution in [2.24, 2.45) is 0 Å². The molecule has 2 N–H and O–H groups in total. The molecule has 8 nitrogen and oxygen atoms in total. The minimum Gasteiger partial charge on any atom is -0.325 e. The number of amides is 1. The number of carbonyl (C=O) groups excluding carboxylic acids is 1. The van der Waals surface area contributed by atoms with Crippen LogP contribution in [0, 0.1) is 6.92 Å². The topological polar surface area (TPSA) is 113 Å². The molecule has 25 heavy (non-hydrogen) atoms. The molecular formula is C15H23N3O5S2. The first-order valence-corrected chi connectivity index (χ1v) is 11.6. The first-order chi connectivity index (χ1) is 11.5. The van der Waals surface area contributed by atoms with Gasteiger partial charge in [0.25, 0.3) is 0 Å². The van der Waals surface area contributed by atoms with Crippen molar-refractivity contribution in [2.75, 3.05) is 29.1 Å². The molecule has 1 heterocycles. The second kappa shape index (κ2) is 7.30. The average Bonchev–Trinajstić information content (AvgIpc) is 2.48. The number of hydrogen-bond acceptors (Lipinski definition) is 5. The summed E-state index contributed by atoms with van der Waals surface area (Å²) in [5, 5.41) is 2.69. The van der Waals surface area contributed by atoms with Crippen molar-refractivity contribution in [3.8, 4) is 0 Å². The molecule has 2 rings (SSSR count). The van der Waals surface area contributed by atoms with Crippen molar-refractivity contribution < 1.29 is 21.6 Å². The Bertz CT molecular complexity index is 865. The Kier molecular flexibility index (Phi) is 5.75. The van der Waals surface area contributed by atoms with Crippen molar-refractivity contribution in [3.05, 3.63) is 23.8 Å². The highest BCUT2D eigenvalue weighted by atomic mass is 32.2. The van der Waals surface area contributed by atoms with Gasteiger partial charge < -0.3 is 5.32 Å². The predicted octanol–water partition coefficient (Wildman–Crippen LogP) is 1.12. The highest BCUT2D eigenvalue weighted by Crippen LogP contribution is 2.24. The fourth-order valence-electron chi connectivity index (χ4n) is 2.80. The summed E-state index contributed by atoms with van der Waals surface area (Å²) in [4.78, 5) is 12.6. The summed E-state index contributed by atoms with van der Waals surface area (Å²) in [5.74, 6) is -0.417. The van der Waals surface area contributed by atoms with Crippen LogP contribution < -0.4 is 10.0 Å². The Morgan fingerprint density at radius 3 is 2.44 bits per heavy atom. The molecule has 1 aromatic rings. The third kappa shape index (κ3) is 5.41. The second-order valence-corrected chi connectivity index (χ2v) is 9.96. The van der Waals surface area contributed by atoms with E-state index >= 15 is 0 Å². The normalized spacial score (nSPS) is 19.4.